The predicted molar refractivity (Wildman–Crippen MR) is 81.0 cm³/mol. The normalized spacial score (nSPS) is 15.9. The van der Waals surface area contributed by atoms with E-state index in [0.29, 0.717) is 11.1 Å². The summed E-state index contributed by atoms with van der Waals surface area (Å²) in [7, 11) is 1.82. The molecule has 2 N–H and O–H groups in total. The van der Waals surface area contributed by atoms with Gasteiger partial charge >= 0.3 is 0 Å². The number of carbonyl (C=O) groups excluding carboxylic acids is 1. The third-order valence-electron chi connectivity index (χ3n) is 3.99. The maximum Gasteiger partial charge on any atom is 0.270 e. The van der Waals surface area contributed by atoms with Gasteiger partial charge in [0.15, 0.2) is 0 Å². The van der Waals surface area contributed by atoms with Crippen molar-refractivity contribution in [1.29, 1.82) is 0 Å². The van der Waals surface area contributed by atoms with Crippen molar-refractivity contribution in [3.63, 3.8) is 0 Å². The first-order valence-corrected chi connectivity index (χ1v) is 6.97. The lowest BCUT2D eigenvalue weighted by Gasteiger charge is -2.11. The fourth-order valence-corrected chi connectivity index (χ4v) is 2.28. The molecule has 2 aromatic rings. The Morgan fingerprint density at radius 3 is 2.80 bits per heavy atom. The van der Waals surface area contributed by atoms with Crippen LogP contribution in [0, 0.1) is 5.41 Å². The fourth-order valence-electron chi connectivity index (χ4n) is 2.28. The number of aromatic nitrogens is 1. The molecule has 1 aliphatic rings. The molecular formula is C16H19N3O. The molecule has 1 aliphatic carbocycles. The predicted octanol–water partition coefficient (Wildman–Crippen LogP) is 2.81. The van der Waals surface area contributed by atoms with E-state index < -0.39 is 0 Å². The zero-order valence-corrected chi connectivity index (χ0v) is 11.9. The Bertz CT molecular complexity index is 662. The van der Waals surface area contributed by atoms with Gasteiger partial charge in [-0.3, -0.25) is 4.79 Å². The van der Waals surface area contributed by atoms with Crippen LogP contribution in [-0.4, -0.2) is 24.5 Å². The number of nitrogens with one attached hydrogen (secondary N) is 2. The Kier molecular flexibility index (Phi) is 3.08. The van der Waals surface area contributed by atoms with Gasteiger partial charge < -0.3 is 10.6 Å². The Morgan fingerprint density at radius 2 is 2.10 bits per heavy atom. The fraction of sp³-hybridized carbons (Fsp3) is 0.375. The minimum Gasteiger partial charge on any atom is -0.373 e. The van der Waals surface area contributed by atoms with Crippen molar-refractivity contribution in [2.45, 2.75) is 19.8 Å². The van der Waals surface area contributed by atoms with E-state index in [-0.39, 0.29) is 5.91 Å². The SMILES string of the molecule is CNc1nc(C(=O)NCC2(C)CC2)cc2ccccc12. The van der Waals surface area contributed by atoms with Gasteiger partial charge in [0.2, 0.25) is 0 Å². The van der Waals surface area contributed by atoms with E-state index in [9.17, 15) is 4.79 Å². The number of anilines is 1. The third-order valence-corrected chi connectivity index (χ3v) is 3.99. The molecule has 4 heteroatoms. The first kappa shape index (κ1) is 12.9. The van der Waals surface area contributed by atoms with Crippen LogP contribution in [0.3, 0.4) is 0 Å². The molecule has 1 fully saturated rings. The molecule has 4 nitrogen and oxygen atoms in total. The van der Waals surface area contributed by atoms with E-state index >= 15 is 0 Å². The molecule has 0 radical (unpaired) electrons. The first-order chi connectivity index (χ1) is 9.61. The summed E-state index contributed by atoms with van der Waals surface area (Å²) >= 11 is 0. The average molecular weight is 269 g/mol. The van der Waals surface area contributed by atoms with Crippen molar-refractivity contribution in [3.05, 3.63) is 36.0 Å². The van der Waals surface area contributed by atoms with Gasteiger partial charge in [0.1, 0.15) is 11.5 Å². The standard InChI is InChI=1S/C16H19N3O/c1-16(7-8-16)10-18-15(20)13-9-11-5-3-4-6-12(11)14(17-2)19-13/h3-6,9H,7-8,10H2,1-2H3,(H,17,19)(H,18,20). The minimum absolute atomic E-state index is 0.0969. The summed E-state index contributed by atoms with van der Waals surface area (Å²) in [4.78, 5) is 16.6. The Balaban J connectivity index is 1.88. The zero-order chi connectivity index (χ0) is 14.2. The van der Waals surface area contributed by atoms with Gasteiger partial charge in [-0.1, -0.05) is 31.2 Å². The Hall–Kier alpha value is -2.10. The van der Waals surface area contributed by atoms with E-state index in [2.05, 4.69) is 22.5 Å². The Labute approximate surface area is 118 Å². The van der Waals surface area contributed by atoms with Crippen molar-refractivity contribution < 1.29 is 4.79 Å². The highest BCUT2D eigenvalue weighted by atomic mass is 16.1. The number of benzene rings is 1. The van der Waals surface area contributed by atoms with Crippen molar-refractivity contribution >= 4 is 22.5 Å². The van der Waals surface area contributed by atoms with Gasteiger partial charge in [0, 0.05) is 19.0 Å². The quantitative estimate of drug-likeness (QED) is 0.897. The van der Waals surface area contributed by atoms with Crippen LogP contribution in [-0.2, 0) is 0 Å². The molecule has 20 heavy (non-hydrogen) atoms. The minimum atomic E-state index is -0.0969. The lowest BCUT2D eigenvalue weighted by Crippen LogP contribution is -2.29. The van der Waals surface area contributed by atoms with E-state index in [1.165, 1.54) is 12.8 Å². The molecule has 1 aromatic heterocycles. The molecule has 1 amide bonds. The number of nitrogens with zero attached hydrogens (tertiary/aromatic N) is 1. The van der Waals surface area contributed by atoms with E-state index in [4.69, 9.17) is 0 Å². The lowest BCUT2D eigenvalue weighted by atomic mass is 10.1. The summed E-state index contributed by atoms with van der Waals surface area (Å²) in [6, 6.07) is 9.78. The summed E-state index contributed by atoms with van der Waals surface area (Å²) in [6.45, 7) is 2.93. The van der Waals surface area contributed by atoms with Gasteiger partial charge in [0.25, 0.3) is 5.91 Å². The van der Waals surface area contributed by atoms with Gasteiger partial charge in [-0.2, -0.15) is 0 Å². The van der Waals surface area contributed by atoms with E-state index in [1.54, 1.807) is 0 Å². The number of rotatable bonds is 4. The summed E-state index contributed by atoms with van der Waals surface area (Å²) in [5, 5.41) is 8.10. The molecule has 0 bridgehead atoms. The van der Waals surface area contributed by atoms with Crippen LogP contribution >= 0.6 is 0 Å². The lowest BCUT2D eigenvalue weighted by molar-refractivity contribution is 0.0941. The first-order valence-electron chi connectivity index (χ1n) is 6.97. The average Bonchev–Trinajstić information content (AvgIpc) is 3.21. The van der Waals surface area contributed by atoms with Crippen LogP contribution in [0.4, 0.5) is 5.82 Å². The number of hydrogen-bond donors (Lipinski definition) is 2. The summed E-state index contributed by atoms with van der Waals surface area (Å²) in [5.41, 5.74) is 0.774. The molecule has 0 saturated heterocycles. The number of hydrogen-bond acceptors (Lipinski definition) is 3. The van der Waals surface area contributed by atoms with Gasteiger partial charge in [-0.15, -0.1) is 0 Å². The number of fused-ring (bicyclic) bond motifs is 1. The molecule has 0 atom stereocenters. The molecule has 1 heterocycles. The third kappa shape index (κ3) is 2.46. The smallest absolute Gasteiger partial charge is 0.270 e. The van der Waals surface area contributed by atoms with Gasteiger partial charge in [0.05, 0.1) is 0 Å². The molecule has 1 aromatic carbocycles. The number of amides is 1. The van der Waals surface area contributed by atoms with Crippen LogP contribution in [0.5, 0.6) is 0 Å². The van der Waals surface area contributed by atoms with Crippen LogP contribution in [0.25, 0.3) is 10.8 Å². The second-order valence-corrected chi connectivity index (χ2v) is 5.82. The van der Waals surface area contributed by atoms with Crippen molar-refractivity contribution in [2.24, 2.45) is 5.41 Å². The van der Waals surface area contributed by atoms with Gasteiger partial charge in [-0.05, 0) is 29.7 Å². The monoisotopic (exact) mass is 269 g/mol. The van der Waals surface area contributed by atoms with Gasteiger partial charge in [-0.25, -0.2) is 4.98 Å². The second kappa shape index (κ2) is 4.78. The summed E-state index contributed by atoms with van der Waals surface area (Å²) in [5.74, 6) is 0.645. The molecule has 1 saturated carbocycles. The summed E-state index contributed by atoms with van der Waals surface area (Å²) in [6.07, 6.45) is 2.39. The van der Waals surface area contributed by atoms with Crippen molar-refractivity contribution in [2.75, 3.05) is 18.9 Å². The highest BCUT2D eigenvalue weighted by molar-refractivity contribution is 6.00. The highest BCUT2D eigenvalue weighted by Crippen LogP contribution is 2.44. The molecule has 3 rings (SSSR count). The van der Waals surface area contributed by atoms with E-state index in [1.807, 2.05) is 37.4 Å². The molecule has 0 spiro atoms. The molecule has 104 valence electrons. The molecule has 0 aliphatic heterocycles. The number of pyridine rings is 1. The van der Waals surface area contributed by atoms with Crippen LogP contribution < -0.4 is 10.6 Å². The zero-order valence-electron chi connectivity index (χ0n) is 11.9. The molecule has 0 unspecified atom stereocenters. The van der Waals surface area contributed by atoms with Crippen molar-refractivity contribution in [3.8, 4) is 0 Å². The highest BCUT2D eigenvalue weighted by Gasteiger charge is 2.37. The maximum atomic E-state index is 12.2. The summed E-state index contributed by atoms with van der Waals surface area (Å²) < 4.78 is 0. The van der Waals surface area contributed by atoms with Crippen LogP contribution in [0.2, 0.25) is 0 Å². The van der Waals surface area contributed by atoms with Crippen LogP contribution in [0.15, 0.2) is 30.3 Å². The number of carbonyl (C=O) groups is 1. The largest absolute Gasteiger partial charge is 0.373 e. The Morgan fingerprint density at radius 1 is 1.35 bits per heavy atom. The topological polar surface area (TPSA) is 54.0 Å². The maximum absolute atomic E-state index is 12.2. The second-order valence-electron chi connectivity index (χ2n) is 5.82. The van der Waals surface area contributed by atoms with E-state index in [0.717, 1.165) is 23.1 Å². The van der Waals surface area contributed by atoms with Crippen molar-refractivity contribution in [1.82, 2.24) is 10.3 Å². The molecular weight excluding hydrogens is 250 g/mol. The van der Waals surface area contributed by atoms with Crippen LogP contribution in [0.1, 0.15) is 30.3 Å².